The van der Waals surface area contributed by atoms with Crippen molar-refractivity contribution in [1.29, 1.82) is 0 Å². The van der Waals surface area contributed by atoms with Gasteiger partial charge in [0.05, 0.1) is 10.9 Å². The molecule has 0 unspecified atom stereocenters. The van der Waals surface area contributed by atoms with E-state index in [-0.39, 0.29) is 11.8 Å². The predicted octanol–water partition coefficient (Wildman–Crippen LogP) is 3.19. The Morgan fingerprint density at radius 1 is 1.10 bits per heavy atom. The van der Waals surface area contributed by atoms with Crippen LogP contribution in [0.25, 0.3) is 0 Å². The monoisotopic (exact) mass is 431 g/mol. The first-order chi connectivity index (χ1) is 14.3. The summed E-state index contributed by atoms with van der Waals surface area (Å²) in [6, 6.07) is 15.1. The fourth-order valence-electron chi connectivity index (χ4n) is 4.21. The Balaban J connectivity index is 2.02. The largest absolute Gasteiger partial charge is 0.508 e. The normalized spacial score (nSPS) is 21.6. The number of nitrogens with zero attached hydrogens (tertiary/aromatic N) is 2. The summed E-state index contributed by atoms with van der Waals surface area (Å²) in [5, 5.41) is 13.6. The van der Waals surface area contributed by atoms with Crippen LogP contribution in [0.4, 0.5) is 0 Å². The number of nitrogens with one attached hydrogen (secondary N) is 1. The number of hydrogen-bond donors (Lipinski definition) is 2. The zero-order valence-electron chi connectivity index (χ0n) is 18.2. The number of phenols is 1. The third-order valence-electron chi connectivity index (χ3n) is 5.87. The van der Waals surface area contributed by atoms with E-state index in [9.17, 15) is 13.5 Å². The Kier molecular flexibility index (Phi) is 7.18. The summed E-state index contributed by atoms with van der Waals surface area (Å²) >= 11 is 0. The van der Waals surface area contributed by atoms with Gasteiger partial charge in [0.1, 0.15) is 5.75 Å². The highest BCUT2D eigenvalue weighted by molar-refractivity contribution is 7.89. The van der Waals surface area contributed by atoms with Crippen molar-refractivity contribution in [2.24, 2.45) is 0 Å². The lowest BCUT2D eigenvalue weighted by molar-refractivity contribution is 0.113. The van der Waals surface area contributed by atoms with E-state index in [0.717, 1.165) is 24.2 Å². The molecule has 0 aliphatic carbocycles. The van der Waals surface area contributed by atoms with E-state index in [0.29, 0.717) is 30.1 Å². The number of phenolic OH excluding ortho intramolecular Hbond substituents is 1. The summed E-state index contributed by atoms with van der Waals surface area (Å²) in [7, 11) is -3.49. The second-order valence-corrected chi connectivity index (χ2v) is 9.95. The summed E-state index contributed by atoms with van der Waals surface area (Å²) in [4.78, 5) is 2.73. The highest BCUT2D eigenvalue weighted by Gasteiger charge is 2.31. The molecule has 2 N–H and O–H groups in total. The number of piperazine rings is 1. The molecule has 164 valence electrons. The number of rotatable bonds is 7. The van der Waals surface area contributed by atoms with E-state index in [4.69, 9.17) is 0 Å². The lowest BCUT2D eigenvalue weighted by Gasteiger charge is -2.43. The molecule has 2 aromatic carbocycles. The average Bonchev–Trinajstić information content (AvgIpc) is 2.72. The minimum absolute atomic E-state index is 0.0677. The van der Waals surface area contributed by atoms with Crippen molar-refractivity contribution in [3.63, 3.8) is 0 Å². The van der Waals surface area contributed by atoms with E-state index in [1.807, 2.05) is 38.1 Å². The number of hydrogen-bond acceptors (Lipinski definition) is 5. The highest BCUT2D eigenvalue weighted by atomic mass is 32.2. The first kappa shape index (κ1) is 22.7. The van der Waals surface area contributed by atoms with Crippen molar-refractivity contribution in [1.82, 2.24) is 14.5 Å². The van der Waals surface area contributed by atoms with Gasteiger partial charge in [-0.05, 0) is 49.2 Å². The Hall–Kier alpha value is -1.93. The van der Waals surface area contributed by atoms with Gasteiger partial charge in [-0.2, -0.15) is 4.31 Å². The summed E-state index contributed by atoms with van der Waals surface area (Å²) in [5.41, 5.74) is 2.01. The second kappa shape index (κ2) is 9.47. The van der Waals surface area contributed by atoms with Gasteiger partial charge in [0, 0.05) is 38.3 Å². The van der Waals surface area contributed by atoms with Crippen molar-refractivity contribution in [2.45, 2.75) is 50.7 Å². The van der Waals surface area contributed by atoms with E-state index >= 15 is 0 Å². The second-order valence-electron chi connectivity index (χ2n) is 8.01. The maximum atomic E-state index is 12.9. The SMILES string of the molecule is CCN(CC)S(=O)(=O)c1ccc([C@H](c2cccc(O)c2)N2C[C@H](C)NC[C@H]2C)cc1. The lowest BCUT2D eigenvalue weighted by Crippen LogP contribution is -2.55. The van der Waals surface area contributed by atoms with E-state index < -0.39 is 10.0 Å². The minimum Gasteiger partial charge on any atom is -0.508 e. The van der Waals surface area contributed by atoms with Crippen molar-refractivity contribution < 1.29 is 13.5 Å². The van der Waals surface area contributed by atoms with Crippen LogP contribution < -0.4 is 5.32 Å². The van der Waals surface area contributed by atoms with Gasteiger partial charge in [0.2, 0.25) is 10.0 Å². The molecule has 30 heavy (non-hydrogen) atoms. The number of aromatic hydroxyl groups is 1. The topological polar surface area (TPSA) is 72.9 Å². The molecule has 0 radical (unpaired) electrons. The molecule has 1 fully saturated rings. The van der Waals surface area contributed by atoms with Crippen LogP contribution in [-0.2, 0) is 10.0 Å². The Bertz CT molecular complexity index is 942. The molecule has 6 nitrogen and oxygen atoms in total. The lowest BCUT2D eigenvalue weighted by atomic mass is 9.94. The standard InChI is InChI=1S/C23H33N3O3S/c1-5-25(6-2)30(28,29)22-12-10-19(11-13-22)23(20-8-7-9-21(27)14-20)26-16-17(3)24-15-18(26)4/h7-14,17-18,23-24,27H,5-6,15-16H2,1-4H3/t17-,18+,23+/m0/s1. The van der Waals surface area contributed by atoms with Crippen LogP contribution in [0.3, 0.4) is 0 Å². The smallest absolute Gasteiger partial charge is 0.243 e. The van der Waals surface area contributed by atoms with Gasteiger partial charge in [-0.25, -0.2) is 8.42 Å². The van der Waals surface area contributed by atoms with Crippen LogP contribution in [-0.4, -0.2) is 61.0 Å². The summed E-state index contributed by atoms with van der Waals surface area (Å²) in [6.45, 7) is 10.7. The summed E-state index contributed by atoms with van der Waals surface area (Å²) in [5.74, 6) is 0.231. The average molecular weight is 432 g/mol. The zero-order chi connectivity index (χ0) is 21.9. The predicted molar refractivity (Wildman–Crippen MR) is 120 cm³/mol. The Morgan fingerprint density at radius 2 is 1.77 bits per heavy atom. The minimum atomic E-state index is -3.49. The van der Waals surface area contributed by atoms with Crippen LogP contribution in [0.5, 0.6) is 5.75 Å². The fraction of sp³-hybridized carbons (Fsp3) is 0.478. The molecule has 0 saturated carbocycles. The molecule has 0 aromatic heterocycles. The molecule has 1 heterocycles. The van der Waals surface area contributed by atoms with Crippen molar-refractivity contribution in [2.75, 3.05) is 26.2 Å². The van der Waals surface area contributed by atoms with Gasteiger partial charge >= 0.3 is 0 Å². The zero-order valence-corrected chi connectivity index (χ0v) is 19.1. The van der Waals surface area contributed by atoms with Crippen LogP contribution in [0.15, 0.2) is 53.4 Å². The third-order valence-corrected chi connectivity index (χ3v) is 7.93. The maximum Gasteiger partial charge on any atom is 0.243 e. The Morgan fingerprint density at radius 3 is 2.37 bits per heavy atom. The van der Waals surface area contributed by atoms with Crippen molar-refractivity contribution in [3.8, 4) is 5.75 Å². The number of sulfonamides is 1. The van der Waals surface area contributed by atoms with Crippen molar-refractivity contribution in [3.05, 3.63) is 59.7 Å². The van der Waals surface area contributed by atoms with Crippen LogP contribution in [0.1, 0.15) is 44.9 Å². The first-order valence-corrected chi connectivity index (χ1v) is 12.1. The fourth-order valence-corrected chi connectivity index (χ4v) is 5.67. The highest BCUT2D eigenvalue weighted by Crippen LogP contribution is 2.34. The molecular formula is C23H33N3O3S. The van der Waals surface area contributed by atoms with Crippen molar-refractivity contribution >= 4 is 10.0 Å². The first-order valence-electron chi connectivity index (χ1n) is 10.7. The van der Waals surface area contributed by atoms with Gasteiger partial charge in [-0.1, -0.05) is 38.1 Å². The van der Waals surface area contributed by atoms with E-state index in [1.54, 1.807) is 24.3 Å². The molecule has 3 rings (SSSR count). The van der Waals surface area contributed by atoms with Gasteiger partial charge in [0.15, 0.2) is 0 Å². The quantitative estimate of drug-likeness (QED) is 0.704. The molecule has 7 heteroatoms. The molecule has 0 spiro atoms. The van der Waals surface area contributed by atoms with Gasteiger partial charge in [-0.3, -0.25) is 4.90 Å². The van der Waals surface area contributed by atoms with E-state index in [1.165, 1.54) is 4.31 Å². The molecule has 1 aliphatic rings. The van der Waals surface area contributed by atoms with Crippen LogP contribution in [0.2, 0.25) is 0 Å². The van der Waals surface area contributed by atoms with Gasteiger partial charge < -0.3 is 10.4 Å². The molecule has 0 amide bonds. The summed E-state index contributed by atoms with van der Waals surface area (Å²) in [6.07, 6.45) is 0. The van der Waals surface area contributed by atoms with Crippen LogP contribution in [0, 0.1) is 0 Å². The molecular weight excluding hydrogens is 398 g/mol. The van der Waals surface area contributed by atoms with Crippen LogP contribution >= 0.6 is 0 Å². The molecule has 1 saturated heterocycles. The summed E-state index contributed by atoms with van der Waals surface area (Å²) < 4.78 is 27.2. The third kappa shape index (κ3) is 4.70. The Labute approximate surface area is 180 Å². The van der Waals surface area contributed by atoms with E-state index in [2.05, 4.69) is 24.1 Å². The van der Waals surface area contributed by atoms with Gasteiger partial charge in [-0.15, -0.1) is 0 Å². The number of benzene rings is 2. The molecule has 3 atom stereocenters. The van der Waals surface area contributed by atoms with Gasteiger partial charge in [0.25, 0.3) is 0 Å². The molecule has 2 aromatic rings. The maximum absolute atomic E-state index is 12.9. The molecule has 0 bridgehead atoms. The molecule has 1 aliphatic heterocycles.